The zero-order chi connectivity index (χ0) is 91.9. The smallest absolute Gasteiger partial charge is 0.0718 e. The van der Waals surface area contributed by atoms with E-state index in [0.717, 1.165) is 155 Å². The first-order chi connectivity index (χ1) is 59.4. The number of hydrogen-bond acceptors (Lipinski definition) is 10. The van der Waals surface area contributed by atoms with Gasteiger partial charge in [0.1, 0.15) is 0 Å². The molecule has 0 spiro atoms. The Kier molecular flexibility index (Phi) is 47.1. The van der Waals surface area contributed by atoms with Crippen LogP contribution in [0.3, 0.4) is 0 Å². The molecule has 0 bridgehead atoms. The Labute approximate surface area is 758 Å². The highest BCUT2D eigenvalue weighted by Crippen LogP contribution is 2.24. The molecule has 0 amide bonds. The molecule has 0 aromatic heterocycles. The van der Waals surface area contributed by atoms with E-state index in [9.17, 15) is 0 Å². The van der Waals surface area contributed by atoms with Crippen LogP contribution >= 0.6 is 0 Å². The molecule has 670 valence electrons. The van der Waals surface area contributed by atoms with Crippen LogP contribution in [0.15, 0.2) is 278 Å². The van der Waals surface area contributed by atoms with Gasteiger partial charge in [-0.05, 0) is 224 Å². The van der Waals surface area contributed by atoms with Gasteiger partial charge in [0.05, 0.1) is 67.1 Å². The van der Waals surface area contributed by atoms with Crippen LogP contribution in [0.4, 0.5) is 0 Å². The van der Waals surface area contributed by atoms with Gasteiger partial charge in [-0.15, -0.1) is 0 Å². The summed E-state index contributed by atoms with van der Waals surface area (Å²) in [6, 6.07) is 77.5. The normalized spacial score (nSPS) is 12.1. The highest BCUT2D eigenvalue weighted by molar-refractivity contribution is 5.53. The van der Waals surface area contributed by atoms with E-state index in [1.54, 1.807) is 0 Å². The number of nitrogens with zero attached hydrogens (tertiary/aromatic N) is 4. The van der Waals surface area contributed by atoms with Gasteiger partial charge in [-0.25, -0.2) is 0 Å². The maximum Gasteiger partial charge on any atom is 0.0718 e. The summed E-state index contributed by atoms with van der Waals surface area (Å²) >= 11 is 0. The Morgan fingerprint density at radius 3 is 0.768 bits per heavy atom. The third-order valence-electron chi connectivity index (χ3n) is 20.0. The zero-order valence-corrected chi connectivity index (χ0v) is 79.7. The van der Waals surface area contributed by atoms with E-state index >= 15 is 0 Å². The SMILES string of the molecule is C=Cc1ccc(CN(CCCOC(C)(C)C)Cc2ccc(C=C)cc2)cc1.C=Cc1ccc(CN(CCOC(C)(C)C)Cc2ccc(C=C)cc2)cc1.C=Cc1ccc(CN(Cc2ccc(C=C)cc2)C(CC)COC(C)(C)C)cc1.C=Cc1ccc(CN(Cc2ccc(C=C)cc2)CC(C)OC(C)(C)C)cc1.C=Cc1ccc(COCCOC(C)(C)C)cc1. The second-order valence-corrected chi connectivity index (χ2v) is 36.8. The summed E-state index contributed by atoms with van der Waals surface area (Å²) in [5.74, 6) is 0. The molecule has 0 saturated heterocycles. The van der Waals surface area contributed by atoms with Crippen molar-refractivity contribution in [2.45, 2.75) is 230 Å². The molecule has 0 saturated carbocycles. The predicted octanol–water partition coefficient (Wildman–Crippen LogP) is 28.4. The molecule has 0 heterocycles. The van der Waals surface area contributed by atoms with Gasteiger partial charge in [-0.1, -0.05) is 339 Å². The first kappa shape index (κ1) is 106. The van der Waals surface area contributed by atoms with Crippen molar-refractivity contribution in [2.24, 2.45) is 0 Å². The molecule has 125 heavy (non-hydrogen) atoms. The number of ether oxygens (including phenoxy) is 6. The third kappa shape index (κ3) is 46.9. The molecule has 0 fully saturated rings. The van der Waals surface area contributed by atoms with Gasteiger partial charge in [0.15, 0.2) is 0 Å². The molecule has 0 radical (unpaired) electrons. The highest BCUT2D eigenvalue weighted by atomic mass is 16.5. The average Bonchev–Trinajstić information content (AvgIpc) is 0.863. The van der Waals surface area contributed by atoms with Crippen molar-refractivity contribution in [1.29, 1.82) is 0 Å². The lowest BCUT2D eigenvalue weighted by atomic mass is 10.1. The quantitative estimate of drug-likeness (QED) is 0.0345. The monoisotopic (exact) mass is 1690 g/mol. The summed E-state index contributed by atoms with van der Waals surface area (Å²) in [6.07, 6.45) is 19.1. The van der Waals surface area contributed by atoms with E-state index in [2.05, 4.69) is 382 Å². The van der Waals surface area contributed by atoms with Gasteiger partial charge >= 0.3 is 0 Å². The number of hydrogen-bond donors (Lipinski definition) is 0. The maximum atomic E-state index is 6.15. The lowest BCUT2D eigenvalue weighted by Crippen LogP contribution is -2.39. The molecule has 10 heteroatoms. The van der Waals surface area contributed by atoms with Crippen LogP contribution in [0.2, 0.25) is 0 Å². The van der Waals surface area contributed by atoms with E-state index in [4.69, 9.17) is 28.4 Å². The molecule has 9 aromatic rings. The van der Waals surface area contributed by atoms with Crippen molar-refractivity contribution in [3.05, 3.63) is 378 Å². The van der Waals surface area contributed by atoms with Crippen molar-refractivity contribution >= 4 is 54.7 Å². The first-order valence-electron chi connectivity index (χ1n) is 44.6. The predicted molar refractivity (Wildman–Crippen MR) is 542 cm³/mol. The topological polar surface area (TPSA) is 68.3 Å². The molecule has 0 aliphatic heterocycles. The summed E-state index contributed by atoms with van der Waals surface area (Å²) in [7, 11) is 0. The second kappa shape index (κ2) is 55.7. The minimum absolute atomic E-state index is 0.0775. The van der Waals surface area contributed by atoms with Gasteiger partial charge < -0.3 is 28.4 Å². The van der Waals surface area contributed by atoms with E-state index in [1.807, 2.05) is 87.6 Å². The van der Waals surface area contributed by atoms with Crippen LogP contribution in [0.5, 0.6) is 0 Å². The largest absolute Gasteiger partial charge is 0.376 e. The zero-order valence-electron chi connectivity index (χ0n) is 79.7. The average molecular weight is 1690 g/mol. The van der Waals surface area contributed by atoms with Gasteiger partial charge in [0.25, 0.3) is 0 Å². The van der Waals surface area contributed by atoms with Gasteiger partial charge in [-0.3, -0.25) is 19.6 Å². The molecule has 9 rings (SSSR count). The van der Waals surface area contributed by atoms with E-state index < -0.39 is 0 Å². The van der Waals surface area contributed by atoms with Crippen LogP contribution in [0.1, 0.15) is 231 Å². The highest BCUT2D eigenvalue weighted by Gasteiger charge is 2.23. The standard InChI is InChI=1S/C26H35NO.2C25H33NO.C24H31NO.C15H22O2/c1-7-21-10-14-23(15-11-21)18-27(25(9-3)20-28-26(4,5)6)19-24-16-12-22(8-2)13-17-24;1-7-21-9-13-23(14-10-21)18-26(17-20(3)27-25(4,5)6)19-24-15-11-22(8-2)12-16-24;1-6-21-9-13-23(14-10-21)19-26(17-8-18-27-25(3,4)5)20-24-15-11-22(7-2)12-16-24;1-6-20-8-12-22(13-9-20)18-25(16-17-26-24(3,4)5)19-23-14-10-21(7-2)11-15-23;1-5-13-6-8-14(9-7-13)12-16-10-11-17-15(2,3)4/h7-8,10-17,25H,1-2,9,18-20H2,3-6H3;7-16,20H,1-2,17-19H2,3-6H3;6-7,9-16H,1-2,8,17-20H2,3-5H3;6-15H,1-2,16-19H2,3-5H3;5-9H,1,10-12H2,2-4H3. The lowest BCUT2D eigenvalue weighted by Gasteiger charge is -2.33. The molecule has 10 nitrogen and oxygen atoms in total. The molecule has 0 aliphatic rings. The van der Waals surface area contributed by atoms with Crippen LogP contribution in [-0.4, -0.2) is 112 Å². The Morgan fingerprint density at radius 1 is 0.272 bits per heavy atom. The molecule has 0 N–H and O–H groups in total. The molecular formula is C115H154N4O6. The summed E-state index contributed by atoms with van der Waals surface area (Å²) in [4.78, 5) is 9.88. The van der Waals surface area contributed by atoms with Crippen LogP contribution in [0.25, 0.3) is 54.7 Å². The van der Waals surface area contributed by atoms with Crippen molar-refractivity contribution in [1.82, 2.24) is 19.6 Å². The summed E-state index contributed by atoms with van der Waals surface area (Å²) in [6.45, 7) is 84.3. The molecular weight excluding hydrogens is 1530 g/mol. The van der Waals surface area contributed by atoms with Gasteiger partial charge in [0.2, 0.25) is 0 Å². The fourth-order valence-corrected chi connectivity index (χ4v) is 13.3. The fourth-order valence-electron chi connectivity index (χ4n) is 13.3. The van der Waals surface area contributed by atoms with Crippen LogP contribution < -0.4 is 0 Å². The van der Waals surface area contributed by atoms with Crippen molar-refractivity contribution in [3.63, 3.8) is 0 Å². The van der Waals surface area contributed by atoms with E-state index in [1.165, 1.54) is 50.1 Å². The van der Waals surface area contributed by atoms with Crippen molar-refractivity contribution < 1.29 is 28.4 Å². The Bertz CT molecular complexity index is 4340. The number of benzene rings is 9. The maximum absolute atomic E-state index is 6.15. The fraction of sp³-hybridized carbons (Fsp3) is 0.374. The third-order valence-corrected chi connectivity index (χ3v) is 20.0. The second-order valence-electron chi connectivity index (χ2n) is 36.8. The summed E-state index contributed by atoms with van der Waals surface area (Å²) in [5.41, 5.74) is 21.4. The van der Waals surface area contributed by atoms with Gasteiger partial charge in [-0.2, -0.15) is 0 Å². The summed E-state index contributed by atoms with van der Waals surface area (Å²) < 4.78 is 35.2. The van der Waals surface area contributed by atoms with E-state index in [-0.39, 0.29) is 34.1 Å². The first-order valence-corrected chi connectivity index (χ1v) is 44.6. The van der Waals surface area contributed by atoms with Gasteiger partial charge in [0, 0.05) is 84.6 Å². The number of rotatable bonds is 44. The lowest BCUT2D eigenvalue weighted by molar-refractivity contribution is -0.0646. The minimum Gasteiger partial charge on any atom is -0.376 e. The molecule has 9 aromatic carbocycles. The molecule has 0 aliphatic carbocycles. The van der Waals surface area contributed by atoms with Crippen molar-refractivity contribution in [3.8, 4) is 0 Å². The molecule has 2 unspecified atom stereocenters. The Hall–Kier alpha value is -9.76. The van der Waals surface area contributed by atoms with Crippen LogP contribution in [-0.2, 0) is 87.4 Å². The summed E-state index contributed by atoms with van der Waals surface area (Å²) in [5, 5.41) is 0. The Morgan fingerprint density at radius 2 is 0.512 bits per heavy atom. The molecule has 2 atom stereocenters. The van der Waals surface area contributed by atoms with Crippen molar-refractivity contribution in [2.75, 3.05) is 52.7 Å². The van der Waals surface area contributed by atoms with Crippen LogP contribution in [0, 0.1) is 0 Å². The minimum atomic E-state index is -0.137. The van der Waals surface area contributed by atoms with E-state index in [0.29, 0.717) is 25.9 Å². The Balaban J connectivity index is 0.000000280.